The summed E-state index contributed by atoms with van der Waals surface area (Å²) < 4.78 is 10.7. The van der Waals surface area contributed by atoms with Crippen LogP contribution in [0.4, 0.5) is 0 Å². The van der Waals surface area contributed by atoms with E-state index in [0.717, 1.165) is 0 Å². The summed E-state index contributed by atoms with van der Waals surface area (Å²) in [5, 5.41) is 0. The van der Waals surface area contributed by atoms with Crippen LogP contribution in [0.15, 0.2) is 29.4 Å². The maximum atomic E-state index is 3.94. The van der Waals surface area contributed by atoms with Crippen LogP contribution in [0.25, 0.3) is 0 Å². The molecule has 0 aromatic rings. The van der Waals surface area contributed by atoms with Crippen LogP contribution in [-0.4, -0.2) is 5.54 Å². The molecule has 0 fully saturated rings. The molecule has 0 aromatic carbocycles. The second-order valence-electron chi connectivity index (χ2n) is 6.65. The minimum Gasteiger partial charge on any atom is -1.00 e. The summed E-state index contributed by atoms with van der Waals surface area (Å²) in [6.07, 6.45) is 0. The maximum absolute atomic E-state index is 3.94. The van der Waals surface area contributed by atoms with Crippen LogP contribution in [0.5, 0.6) is 0 Å². The molecule has 1 heterocycles. The van der Waals surface area contributed by atoms with Crippen molar-refractivity contribution in [3.63, 3.8) is 0 Å². The van der Waals surface area contributed by atoms with E-state index in [2.05, 4.69) is 61.0 Å². The fraction of sp³-hybridized carbons (Fsp3) is 0.600. The van der Waals surface area contributed by atoms with Gasteiger partial charge in [-0.05, 0) is 0 Å². The summed E-state index contributed by atoms with van der Waals surface area (Å²) in [6.45, 7) is 16.1. The van der Waals surface area contributed by atoms with Gasteiger partial charge in [0.2, 0.25) is 0 Å². The molecule has 0 aromatic heterocycles. The van der Waals surface area contributed by atoms with Crippen LogP contribution in [-0.2, 0) is 16.8 Å². The predicted molar refractivity (Wildman–Crippen MR) is 72.3 cm³/mol. The summed E-state index contributed by atoms with van der Waals surface area (Å²) in [5.41, 5.74) is 4.89. The van der Waals surface area contributed by atoms with Crippen LogP contribution >= 0.6 is 0 Å². The van der Waals surface area contributed by atoms with Crippen molar-refractivity contribution in [2.45, 2.75) is 54.0 Å². The first kappa shape index (κ1) is 19.5. The maximum Gasteiger partial charge on any atom is -1.00 e. The Balaban J connectivity index is 0.00000162. The van der Waals surface area contributed by atoms with Gasteiger partial charge in [0.15, 0.2) is 0 Å². The molecule has 4 heteroatoms. The first-order chi connectivity index (χ1) is 7.68. The van der Waals surface area contributed by atoms with E-state index in [4.69, 9.17) is 0 Å². The first-order valence-electron chi connectivity index (χ1n) is 6.57. The van der Waals surface area contributed by atoms with E-state index in [-0.39, 0.29) is 30.4 Å². The SMILES string of the molecule is CC1=C(C)C(C)[C]([Ti+2]2([NH]C(C)(C)C)[CH]=[CH]2)=C1C.[Cl-].[Cl-]. The Bertz CT molecular complexity index is 449. The van der Waals surface area contributed by atoms with Gasteiger partial charge in [0.25, 0.3) is 0 Å². The van der Waals surface area contributed by atoms with E-state index in [1.807, 2.05) is 0 Å². The van der Waals surface area contributed by atoms with Crippen LogP contribution in [0, 0.1) is 5.92 Å². The molecule has 19 heavy (non-hydrogen) atoms. The van der Waals surface area contributed by atoms with Crippen molar-refractivity contribution in [2.75, 3.05) is 0 Å². The summed E-state index contributed by atoms with van der Waals surface area (Å²) in [4.78, 5) is 0. The number of allylic oxidation sites excluding steroid dienone is 4. The van der Waals surface area contributed by atoms with E-state index in [9.17, 15) is 0 Å². The van der Waals surface area contributed by atoms with E-state index >= 15 is 0 Å². The number of nitrogens with one attached hydrogen (secondary N) is 1. The molecule has 0 radical (unpaired) electrons. The largest absolute Gasteiger partial charge is 1.00 e. The Labute approximate surface area is 134 Å². The molecule has 0 saturated carbocycles. The van der Waals surface area contributed by atoms with Gasteiger partial charge in [-0.15, -0.1) is 0 Å². The van der Waals surface area contributed by atoms with Crippen LogP contribution in [0.2, 0.25) is 0 Å². The second kappa shape index (κ2) is 6.07. The van der Waals surface area contributed by atoms with E-state index in [0.29, 0.717) is 5.92 Å². The Hall–Kier alpha value is 0.474. The van der Waals surface area contributed by atoms with Crippen molar-refractivity contribution in [3.05, 3.63) is 29.4 Å². The minimum atomic E-state index is -2.08. The molecule has 108 valence electrons. The van der Waals surface area contributed by atoms with Crippen molar-refractivity contribution in [2.24, 2.45) is 5.92 Å². The molecule has 0 amide bonds. The Morgan fingerprint density at radius 1 is 1.00 bits per heavy atom. The molecule has 1 aliphatic heterocycles. The molecule has 1 N–H and O–H groups in total. The van der Waals surface area contributed by atoms with Gasteiger partial charge in [-0.25, -0.2) is 0 Å². The van der Waals surface area contributed by atoms with Gasteiger partial charge in [0, 0.05) is 0 Å². The topological polar surface area (TPSA) is 12.0 Å². The van der Waals surface area contributed by atoms with Gasteiger partial charge in [0.05, 0.1) is 0 Å². The zero-order chi connectivity index (χ0) is 13.0. The van der Waals surface area contributed by atoms with E-state index < -0.39 is 16.8 Å². The molecule has 0 saturated heterocycles. The molecule has 2 aliphatic rings. The summed E-state index contributed by atoms with van der Waals surface area (Å²) >= 11 is -2.08. The van der Waals surface area contributed by atoms with Crippen molar-refractivity contribution in [3.8, 4) is 0 Å². The van der Waals surface area contributed by atoms with Crippen LogP contribution < -0.4 is 28.6 Å². The molecule has 1 unspecified atom stereocenters. The Morgan fingerprint density at radius 3 is 1.74 bits per heavy atom. The zero-order valence-corrected chi connectivity index (χ0v) is 16.1. The van der Waals surface area contributed by atoms with Crippen molar-refractivity contribution in [1.29, 1.82) is 0 Å². The first-order valence-corrected chi connectivity index (χ1v) is 9.93. The molecule has 0 spiro atoms. The molecule has 2 rings (SSSR count). The molecule has 1 nitrogen and oxygen atoms in total. The summed E-state index contributed by atoms with van der Waals surface area (Å²) in [6, 6.07) is 0. The molecule has 1 aliphatic carbocycles. The molecular formula is C15H25Cl2NTi. The van der Waals surface area contributed by atoms with E-state index in [1.54, 1.807) is 15.0 Å². The Morgan fingerprint density at radius 2 is 1.47 bits per heavy atom. The smallest absolute Gasteiger partial charge is 1.00 e. The van der Waals surface area contributed by atoms with Gasteiger partial charge in [-0.2, -0.15) is 0 Å². The third kappa shape index (κ3) is 3.57. The molecule has 0 bridgehead atoms. The van der Waals surface area contributed by atoms with Crippen LogP contribution in [0.3, 0.4) is 0 Å². The monoisotopic (exact) mass is 337 g/mol. The molecule has 1 atom stereocenters. The third-order valence-electron chi connectivity index (χ3n) is 4.17. The summed E-state index contributed by atoms with van der Waals surface area (Å²) in [7, 11) is 0. The number of halogens is 2. The average molecular weight is 338 g/mol. The predicted octanol–water partition coefficient (Wildman–Crippen LogP) is -1.80. The van der Waals surface area contributed by atoms with Gasteiger partial charge >= 0.3 is 110 Å². The summed E-state index contributed by atoms with van der Waals surface area (Å²) in [5.74, 6) is 0.653. The second-order valence-corrected chi connectivity index (χ2v) is 11.6. The Kier molecular flexibility index (Phi) is 6.23. The number of rotatable bonds is 2. The van der Waals surface area contributed by atoms with Gasteiger partial charge in [-0.1, -0.05) is 0 Å². The van der Waals surface area contributed by atoms with Gasteiger partial charge in [0.1, 0.15) is 0 Å². The fourth-order valence-electron chi connectivity index (χ4n) is 3.07. The normalized spacial score (nSPS) is 22.6. The van der Waals surface area contributed by atoms with Gasteiger partial charge in [-0.3, -0.25) is 0 Å². The quantitative estimate of drug-likeness (QED) is 0.586. The fourth-order valence-corrected chi connectivity index (χ4v) is 10.1. The minimum absolute atomic E-state index is 0. The van der Waals surface area contributed by atoms with E-state index in [1.165, 1.54) is 5.57 Å². The van der Waals surface area contributed by atoms with Crippen molar-refractivity contribution in [1.82, 2.24) is 3.80 Å². The van der Waals surface area contributed by atoms with Crippen molar-refractivity contribution >= 4 is 0 Å². The van der Waals surface area contributed by atoms with Gasteiger partial charge < -0.3 is 24.8 Å². The molecular weight excluding hydrogens is 313 g/mol. The average Bonchev–Trinajstić information content (AvgIpc) is 2.88. The number of hydrogen-bond donors (Lipinski definition) is 1. The van der Waals surface area contributed by atoms with Crippen LogP contribution in [0.1, 0.15) is 48.5 Å². The third-order valence-corrected chi connectivity index (χ3v) is 10.2. The zero-order valence-electron chi connectivity index (χ0n) is 13.0. The number of hydrogen-bond acceptors (Lipinski definition) is 1. The van der Waals surface area contributed by atoms with Crippen molar-refractivity contribution < 1.29 is 41.7 Å². The standard InChI is InChI=1S/C9H13.C4H10N.C2H2.2ClH.Ti/c1-6-5-7(2)9(4)8(6)3;1-4(2,3)5;1-2;;;/h6H,1-4H3;5H,1-3H3;1-2H;2*1H;/q;-1;;;;+3/p-2.